The first-order valence-electron chi connectivity index (χ1n) is 14.3. The fourth-order valence-electron chi connectivity index (χ4n) is 5.91. The maximum Gasteiger partial charge on any atom is 0.338 e. The number of hydrogen-bond donors (Lipinski definition) is 2. The Morgan fingerprint density at radius 2 is 1.53 bits per heavy atom. The molecule has 1 fully saturated rings. The van der Waals surface area contributed by atoms with E-state index in [1.807, 2.05) is 6.92 Å². The molecule has 0 saturated carbocycles. The quantitative estimate of drug-likeness (QED) is 0.183. The summed E-state index contributed by atoms with van der Waals surface area (Å²) in [7, 11) is 5.52. The molecule has 11 heteroatoms. The second-order valence-electron chi connectivity index (χ2n) is 10.8. The summed E-state index contributed by atoms with van der Waals surface area (Å²) in [5.41, 5.74) is 0.366. The van der Waals surface area contributed by atoms with Gasteiger partial charge in [0.1, 0.15) is 11.7 Å². The molecule has 1 saturated heterocycles. The number of rotatable bonds is 8. The fourth-order valence-corrected chi connectivity index (χ4v) is 5.91. The lowest BCUT2D eigenvalue weighted by Crippen LogP contribution is -2.39. The lowest BCUT2D eigenvalue weighted by molar-refractivity contribution is -0.150. The van der Waals surface area contributed by atoms with Crippen molar-refractivity contribution < 1.29 is 53.0 Å². The highest BCUT2D eigenvalue weighted by Crippen LogP contribution is 2.63. The number of hydrogen-bond acceptors (Lipinski definition) is 11. The summed E-state index contributed by atoms with van der Waals surface area (Å²) in [4.78, 5) is 26.9. The first-order chi connectivity index (χ1) is 21.6. The molecule has 1 spiro atoms. The molecule has 0 unspecified atom stereocenters. The van der Waals surface area contributed by atoms with Gasteiger partial charge in [0.2, 0.25) is 11.5 Å². The van der Waals surface area contributed by atoms with Crippen LogP contribution in [0, 0.1) is 5.92 Å². The molecular weight excluding hydrogens is 584 g/mol. The summed E-state index contributed by atoms with van der Waals surface area (Å²) < 4.78 is 41.0. The van der Waals surface area contributed by atoms with E-state index >= 15 is 0 Å². The van der Waals surface area contributed by atoms with Crippen molar-refractivity contribution in [3.63, 3.8) is 0 Å². The number of epoxide rings is 1. The van der Waals surface area contributed by atoms with Crippen LogP contribution in [0.4, 0.5) is 0 Å². The van der Waals surface area contributed by atoms with Crippen molar-refractivity contribution in [3.05, 3.63) is 70.8 Å². The monoisotopic (exact) mass is 620 g/mol. The van der Waals surface area contributed by atoms with Gasteiger partial charge in [-0.3, -0.25) is 0 Å². The minimum absolute atomic E-state index is 0.0119. The Bertz CT molecular complexity index is 1660. The zero-order valence-electron chi connectivity index (χ0n) is 26.1. The van der Waals surface area contributed by atoms with E-state index in [4.69, 9.17) is 33.2 Å². The van der Waals surface area contributed by atoms with Crippen LogP contribution in [0.1, 0.15) is 54.5 Å². The highest BCUT2D eigenvalue weighted by Gasteiger charge is 2.63. The van der Waals surface area contributed by atoms with Gasteiger partial charge in [-0.2, -0.15) is 0 Å². The molecule has 0 radical (unpaired) electrons. The summed E-state index contributed by atoms with van der Waals surface area (Å²) >= 11 is 0. The summed E-state index contributed by atoms with van der Waals surface area (Å²) in [6.45, 7) is 5.27. The van der Waals surface area contributed by atoms with E-state index in [2.05, 4.69) is 0 Å². The Hall–Kier alpha value is -4.90. The molecule has 3 aromatic carbocycles. The van der Waals surface area contributed by atoms with Crippen molar-refractivity contribution in [2.75, 3.05) is 35.0 Å². The zero-order valence-corrected chi connectivity index (χ0v) is 26.1. The van der Waals surface area contributed by atoms with Gasteiger partial charge in [-0.1, -0.05) is 31.2 Å². The van der Waals surface area contributed by atoms with Crippen LogP contribution in [0.5, 0.6) is 34.5 Å². The molecule has 1 aliphatic carbocycles. The lowest BCUT2D eigenvalue weighted by Gasteiger charge is -2.38. The number of methoxy groups -OCH3 is 4. The summed E-state index contributed by atoms with van der Waals surface area (Å²) in [5.74, 6) is -2.43. The number of carbonyl (C=O) groups excluding carboxylic acids is 2. The molecule has 3 aromatic rings. The molecule has 11 nitrogen and oxygen atoms in total. The van der Waals surface area contributed by atoms with Crippen LogP contribution < -0.4 is 18.9 Å². The zero-order chi connectivity index (χ0) is 32.6. The topological polar surface area (TPSA) is 143 Å². The second-order valence-corrected chi connectivity index (χ2v) is 10.8. The predicted molar refractivity (Wildman–Crippen MR) is 162 cm³/mol. The third-order valence-corrected chi connectivity index (χ3v) is 8.54. The van der Waals surface area contributed by atoms with E-state index < -0.39 is 35.7 Å². The van der Waals surface area contributed by atoms with Crippen LogP contribution in [0.15, 0.2) is 54.1 Å². The van der Waals surface area contributed by atoms with Crippen LogP contribution in [0.25, 0.3) is 11.1 Å². The Labute approximate surface area is 260 Å². The number of fused-ring (bicyclic) bond motifs is 3. The second kappa shape index (κ2) is 12.2. The standard InChI is InChI=1S/C34H36O11/c1-8-17(2)32(37)44-27-18(3)34(16-43-34)31(45-33(38)19-12-10-9-11-13-19)21-15-23(39-4)29(41-6)26(36)24(21)25-20(27)14-22(35)28(40-5)30(25)42-7/h8-15,18,27,31,35-36H,16H2,1-7H3/b17-8-/t18-,27+,31-,34+/m0/s1. The number of phenolic OH excluding ortho intramolecular Hbond substituents is 2. The van der Waals surface area contributed by atoms with Gasteiger partial charge in [-0.25, -0.2) is 9.59 Å². The molecule has 2 N–H and O–H groups in total. The molecule has 0 aromatic heterocycles. The number of esters is 2. The van der Waals surface area contributed by atoms with Crippen molar-refractivity contribution >= 4 is 11.9 Å². The predicted octanol–water partition coefficient (Wildman–Crippen LogP) is 5.67. The molecule has 1 aliphatic heterocycles. The van der Waals surface area contributed by atoms with Crippen molar-refractivity contribution in [1.29, 1.82) is 0 Å². The lowest BCUT2D eigenvalue weighted by atomic mass is 9.73. The van der Waals surface area contributed by atoms with E-state index in [0.717, 1.165) is 0 Å². The molecule has 1 heterocycles. The molecular formula is C34H36O11. The van der Waals surface area contributed by atoms with Gasteiger partial charge >= 0.3 is 11.9 Å². The van der Waals surface area contributed by atoms with Gasteiger partial charge in [0.25, 0.3) is 0 Å². The summed E-state index contributed by atoms with van der Waals surface area (Å²) in [6.07, 6.45) is -0.619. The number of carbonyl (C=O) groups is 2. The highest BCUT2D eigenvalue weighted by molar-refractivity contribution is 5.92. The van der Waals surface area contributed by atoms with Crippen molar-refractivity contribution in [2.24, 2.45) is 5.92 Å². The maximum atomic E-state index is 13.6. The molecule has 0 bridgehead atoms. The van der Waals surface area contributed by atoms with E-state index in [1.54, 1.807) is 56.3 Å². The van der Waals surface area contributed by atoms with Crippen molar-refractivity contribution in [2.45, 2.75) is 38.6 Å². The molecule has 0 amide bonds. The van der Waals surface area contributed by atoms with Gasteiger partial charge < -0.3 is 43.4 Å². The third-order valence-electron chi connectivity index (χ3n) is 8.54. The first-order valence-corrected chi connectivity index (χ1v) is 14.3. The highest BCUT2D eigenvalue weighted by atomic mass is 16.6. The van der Waals surface area contributed by atoms with Gasteiger partial charge in [0.05, 0.1) is 40.6 Å². The fraction of sp³-hybridized carbons (Fsp3) is 0.353. The smallest absolute Gasteiger partial charge is 0.338 e. The minimum atomic E-state index is -1.22. The Kier molecular flexibility index (Phi) is 8.57. The SMILES string of the molecule is C/C=C(/C)C(=O)O[C@H]1c2cc(O)c(OC)c(OC)c2-c2c(cc(OC)c(OC)c2O)[C@H](OC(=O)c2ccccc2)[C@@]2(CO2)[C@H]1C. The van der Waals surface area contributed by atoms with Gasteiger partial charge in [-0.05, 0) is 38.1 Å². The number of benzene rings is 3. The Balaban J connectivity index is 1.91. The van der Waals surface area contributed by atoms with Crippen LogP contribution in [-0.2, 0) is 19.0 Å². The molecule has 4 atom stereocenters. The first kappa shape index (κ1) is 31.5. The normalized spacial score (nSPS) is 21.8. The number of phenols is 2. The van der Waals surface area contributed by atoms with E-state index in [0.29, 0.717) is 22.3 Å². The van der Waals surface area contributed by atoms with Gasteiger partial charge in [-0.15, -0.1) is 0 Å². The van der Waals surface area contributed by atoms with Gasteiger partial charge in [0, 0.05) is 33.7 Å². The van der Waals surface area contributed by atoms with Crippen LogP contribution in [-0.4, -0.2) is 62.8 Å². The summed E-state index contributed by atoms with van der Waals surface area (Å²) in [6, 6.07) is 11.5. The van der Waals surface area contributed by atoms with Crippen LogP contribution in [0.3, 0.4) is 0 Å². The van der Waals surface area contributed by atoms with Crippen LogP contribution >= 0.6 is 0 Å². The van der Waals surface area contributed by atoms with Crippen molar-refractivity contribution in [1.82, 2.24) is 0 Å². The van der Waals surface area contributed by atoms with Gasteiger partial charge in [0.15, 0.2) is 29.1 Å². The summed E-state index contributed by atoms with van der Waals surface area (Å²) in [5, 5.41) is 23.0. The largest absolute Gasteiger partial charge is 0.504 e. The van der Waals surface area contributed by atoms with Crippen LogP contribution in [0.2, 0.25) is 0 Å². The van der Waals surface area contributed by atoms with E-state index in [1.165, 1.54) is 34.5 Å². The van der Waals surface area contributed by atoms with Crippen molar-refractivity contribution in [3.8, 4) is 45.6 Å². The Morgan fingerprint density at radius 3 is 2.09 bits per heavy atom. The number of ether oxygens (including phenoxy) is 7. The number of aromatic hydroxyl groups is 2. The molecule has 2 aliphatic rings. The minimum Gasteiger partial charge on any atom is -0.504 e. The van der Waals surface area contributed by atoms with E-state index in [9.17, 15) is 19.8 Å². The average Bonchev–Trinajstić information content (AvgIpc) is 3.86. The maximum absolute atomic E-state index is 13.6. The number of allylic oxidation sites excluding steroid dienone is 1. The third kappa shape index (κ3) is 5.16. The average molecular weight is 621 g/mol. The van der Waals surface area contributed by atoms with E-state index in [-0.39, 0.29) is 52.2 Å². The Morgan fingerprint density at radius 1 is 0.889 bits per heavy atom. The molecule has 45 heavy (non-hydrogen) atoms. The molecule has 5 rings (SSSR count). The molecule has 238 valence electrons.